The number of hydrogen-bond acceptors (Lipinski definition) is 6. The lowest BCUT2D eigenvalue weighted by Crippen LogP contribution is -2.44. The molecule has 0 spiro atoms. The summed E-state index contributed by atoms with van der Waals surface area (Å²) in [5, 5.41) is 0. The predicted molar refractivity (Wildman–Crippen MR) is 205 cm³/mol. The van der Waals surface area contributed by atoms with E-state index in [2.05, 4.69) is 27.7 Å². The Hall–Kier alpha value is -2.91. The first-order valence-corrected chi connectivity index (χ1v) is 20.4. The van der Waals surface area contributed by atoms with Gasteiger partial charge in [-0.3, -0.25) is 0 Å². The Morgan fingerprint density at radius 1 is 0.698 bits per heavy atom. The summed E-state index contributed by atoms with van der Waals surface area (Å²) in [6.07, 6.45) is 20.1. The fourth-order valence-electron chi connectivity index (χ4n) is 7.70. The van der Waals surface area contributed by atoms with Crippen molar-refractivity contribution in [1.82, 2.24) is 0 Å². The van der Waals surface area contributed by atoms with Crippen LogP contribution < -0.4 is 4.74 Å². The standard InChI is InChI=1S/C45H62F2O6/c1-5-7-9-11-13-15-18-37-30-49-42(51-32(37)3)35-24-22-34(23-25-35)40-20-17-21-41(46)45(40,47)44(48)53-39-28-26-36(27-29-39)43-50-31-38(33(4)52-43)19-16-14-12-10-8-6-2/h17,20-29,32-33,37-38,40,42-43H,5-16,18-19,30-31H2,1-4H3/t32?,33?,37-,38-,40?,42-,43-,45?/m1/s1. The van der Waals surface area contributed by atoms with E-state index in [1.54, 1.807) is 48.5 Å². The molecule has 1 aliphatic carbocycles. The van der Waals surface area contributed by atoms with E-state index in [0.717, 1.165) is 30.0 Å². The first-order chi connectivity index (χ1) is 25.7. The second-order valence-electron chi connectivity index (χ2n) is 15.4. The molecule has 0 bridgehead atoms. The van der Waals surface area contributed by atoms with Gasteiger partial charge in [0.25, 0.3) is 5.67 Å². The maximum absolute atomic E-state index is 16.7. The lowest BCUT2D eigenvalue weighted by atomic mass is 9.79. The average molecular weight is 737 g/mol. The molecule has 292 valence electrons. The van der Waals surface area contributed by atoms with Crippen LogP contribution in [0.1, 0.15) is 153 Å². The van der Waals surface area contributed by atoms with Gasteiger partial charge in [0.15, 0.2) is 12.6 Å². The van der Waals surface area contributed by atoms with Crippen molar-refractivity contribution in [3.8, 4) is 5.75 Å². The van der Waals surface area contributed by atoms with Crippen molar-refractivity contribution in [2.24, 2.45) is 11.8 Å². The van der Waals surface area contributed by atoms with Gasteiger partial charge in [-0.2, -0.15) is 0 Å². The molecule has 2 aromatic rings. The van der Waals surface area contributed by atoms with E-state index in [4.69, 9.17) is 23.7 Å². The number of carbonyl (C=O) groups excluding carboxylic acids is 1. The first kappa shape index (κ1) is 41.3. The predicted octanol–water partition coefficient (Wildman–Crippen LogP) is 12.1. The highest BCUT2D eigenvalue weighted by Gasteiger charge is 2.53. The molecular weight excluding hydrogens is 674 g/mol. The number of alkyl halides is 1. The van der Waals surface area contributed by atoms with Gasteiger partial charge in [-0.15, -0.1) is 0 Å². The SMILES string of the molecule is CCCCCCCC[C@@H]1CO[C@@H](c2ccc(OC(=O)C3(F)C(F)=CC=CC3c3ccc([C@@H]4OC[C@@H](CCCCCCCC)C(C)O4)cc3)cc2)OC1C. The third kappa shape index (κ3) is 11.1. The lowest BCUT2D eigenvalue weighted by Gasteiger charge is -2.35. The molecule has 0 aromatic heterocycles. The smallest absolute Gasteiger partial charge is 0.357 e. The molecule has 2 aromatic carbocycles. The molecule has 8 heteroatoms. The Kier molecular flexibility index (Phi) is 16.1. The van der Waals surface area contributed by atoms with E-state index < -0.39 is 36.0 Å². The summed E-state index contributed by atoms with van der Waals surface area (Å²) in [6.45, 7) is 9.87. The first-order valence-electron chi connectivity index (χ1n) is 20.4. The highest BCUT2D eigenvalue weighted by Crippen LogP contribution is 2.44. The van der Waals surface area contributed by atoms with Gasteiger partial charge >= 0.3 is 5.97 Å². The molecule has 6 nitrogen and oxygen atoms in total. The van der Waals surface area contributed by atoms with Crippen LogP contribution in [0.4, 0.5) is 8.78 Å². The van der Waals surface area contributed by atoms with Crippen LogP contribution in [0.5, 0.6) is 5.75 Å². The average Bonchev–Trinajstić information content (AvgIpc) is 3.17. The van der Waals surface area contributed by atoms with E-state index in [1.807, 2.05) is 0 Å². The molecule has 0 radical (unpaired) electrons. The highest BCUT2D eigenvalue weighted by atomic mass is 19.2. The Bertz CT molecular complexity index is 1460. The number of allylic oxidation sites excluding steroid dienone is 3. The Labute approximate surface area is 316 Å². The third-order valence-corrected chi connectivity index (χ3v) is 11.3. The van der Waals surface area contributed by atoms with Crippen molar-refractivity contribution < 1.29 is 37.3 Å². The molecule has 5 rings (SSSR count). The van der Waals surface area contributed by atoms with E-state index in [0.29, 0.717) is 30.6 Å². The number of hydrogen-bond donors (Lipinski definition) is 0. The summed E-state index contributed by atoms with van der Waals surface area (Å²) < 4.78 is 62.1. The summed E-state index contributed by atoms with van der Waals surface area (Å²) >= 11 is 0. The van der Waals surface area contributed by atoms with Gasteiger partial charge in [0, 0.05) is 23.0 Å². The van der Waals surface area contributed by atoms with E-state index in [-0.39, 0.29) is 18.0 Å². The number of unbranched alkanes of at least 4 members (excludes halogenated alkanes) is 10. The van der Waals surface area contributed by atoms with Crippen molar-refractivity contribution in [3.05, 3.63) is 89.3 Å². The van der Waals surface area contributed by atoms with E-state index in [9.17, 15) is 4.79 Å². The molecule has 4 unspecified atom stereocenters. The Morgan fingerprint density at radius 3 is 1.64 bits per heavy atom. The van der Waals surface area contributed by atoms with Gasteiger partial charge in [-0.1, -0.05) is 139 Å². The van der Waals surface area contributed by atoms with Gasteiger partial charge in [-0.25, -0.2) is 13.6 Å². The molecule has 8 atom stereocenters. The maximum Gasteiger partial charge on any atom is 0.357 e. The van der Waals surface area contributed by atoms with Gasteiger partial charge in [0.1, 0.15) is 11.6 Å². The second-order valence-corrected chi connectivity index (χ2v) is 15.4. The number of benzene rings is 2. The summed E-state index contributed by atoms with van der Waals surface area (Å²) in [6, 6.07) is 13.6. The number of rotatable bonds is 19. The third-order valence-electron chi connectivity index (χ3n) is 11.3. The zero-order valence-corrected chi connectivity index (χ0v) is 32.4. The fraction of sp³-hybridized carbons (Fsp3) is 0.622. The van der Waals surface area contributed by atoms with Crippen molar-refractivity contribution in [2.45, 2.75) is 154 Å². The summed E-state index contributed by atoms with van der Waals surface area (Å²) in [5.74, 6) is -2.95. The van der Waals surface area contributed by atoms with Crippen LogP contribution in [0.25, 0.3) is 0 Å². The molecule has 0 N–H and O–H groups in total. The normalized spacial score (nSPS) is 28.8. The summed E-state index contributed by atoms with van der Waals surface area (Å²) in [7, 11) is 0. The highest BCUT2D eigenvalue weighted by molar-refractivity contribution is 5.87. The Morgan fingerprint density at radius 2 is 1.15 bits per heavy atom. The van der Waals surface area contributed by atoms with Crippen LogP contribution in [-0.4, -0.2) is 37.1 Å². The van der Waals surface area contributed by atoms with Crippen LogP contribution in [-0.2, 0) is 23.7 Å². The van der Waals surface area contributed by atoms with Crippen molar-refractivity contribution in [2.75, 3.05) is 13.2 Å². The molecule has 0 saturated carbocycles. The fourth-order valence-corrected chi connectivity index (χ4v) is 7.70. The second kappa shape index (κ2) is 20.7. The van der Waals surface area contributed by atoms with Crippen LogP contribution >= 0.6 is 0 Å². The molecular formula is C45H62F2O6. The van der Waals surface area contributed by atoms with Crippen molar-refractivity contribution in [3.63, 3.8) is 0 Å². The zero-order chi connectivity index (χ0) is 37.6. The van der Waals surface area contributed by atoms with Gasteiger partial charge in [0.05, 0.1) is 31.3 Å². The molecule has 2 saturated heterocycles. The van der Waals surface area contributed by atoms with Crippen LogP contribution in [0.15, 0.2) is 72.6 Å². The number of esters is 1. The number of carbonyl (C=O) groups is 1. The van der Waals surface area contributed by atoms with Crippen LogP contribution in [0, 0.1) is 11.8 Å². The lowest BCUT2D eigenvalue weighted by molar-refractivity contribution is -0.237. The summed E-state index contributed by atoms with van der Waals surface area (Å²) in [4.78, 5) is 13.4. The minimum atomic E-state index is -3.04. The molecule has 2 heterocycles. The largest absolute Gasteiger partial charge is 0.424 e. The van der Waals surface area contributed by atoms with Gasteiger partial charge in [-0.05, 0) is 50.5 Å². The Balaban J connectivity index is 1.13. The van der Waals surface area contributed by atoms with Crippen LogP contribution in [0.2, 0.25) is 0 Å². The van der Waals surface area contributed by atoms with Crippen molar-refractivity contribution in [1.29, 1.82) is 0 Å². The minimum absolute atomic E-state index is 0.0465. The van der Waals surface area contributed by atoms with E-state index >= 15 is 8.78 Å². The quantitative estimate of drug-likeness (QED) is 0.0813. The molecule has 2 fully saturated rings. The maximum atomic E-state index is 16.7. The molecule has 3 aliphatic rings. The summed E-state index contributed by atoms with van der Waals surface area (Å²) in [5.41, 5.74) is -1.05. The van der Waals surface area contributed by atoms with E-state index in [1.165, 1.54) is 89.2 Å². The number of ether oxygens (including phenoxy) is 5. The number of halogens is 2. The topological polar surface area (TPSA) is 63.2 Å². The monoisotopic (exact) mass is 736 g/mol. The van der Waals surface area contributed by atoms with Gasteiger partial charge in [0.2, 0.25) is 0 Å². The molecule has 2 aliphatic heterocycles. The molecule has 0 amide bonds. The minimum Gasteiger partial charge on any atom is -0.424 e. The zero-order valence-electron chi connectivity index (χ0n) is 32.4. The van der Waals surface area contributed by atoms with Gasteiger partial charge < -0.3 is 23.7 Å². The van der Waals surface area contributed by atoms with Crippen LogP contribution in [0.3, 0.4) is 0 Å². The molecule has 53 heavy (non-hydrogen) atoms. The van der Waals surface area contributed by atoms with Crippen molar-refractivity contribution >= 4 is 5.97 Å².